The maximum Gasteiger partial charge on any atom is 0.0469 e. The normalized spacial score (nSPS) is 32.8. The van der Waals surface area contributed by atoms with Crippen molar-refractivity contribution in [2.75, 3.05) is 26.3 Å². The Morgan fingerprint density at radius 1 is 1.14 bits per heavy atom. The Morgan fingerprint density at radius 3 is 2.57 bits per heavy atom. The maximum absolute atomic E-state index is 6.33. The van der Waals surface area contributed by atoms with E-state index < -0.39 is 0 Å². The topological polar surface area (TPSA) is 47.3 Å². The molecule has 0 spiro atoms. The molecular formula is C11H22N2O. The van der Waals surface area contributed by atoms with Gasteiger partial charge in [0.25, 0.3) is 0 Å². The van der Waals surface area contributed by atoms with Crippen LogP contribution in [-0.4, -0.2) is 32.3 Å². The summed E-state index contributed by atoms with van der Waals surface area (Å²) in [5.74, 6) is 1.40. The van der Waals surface area contributed by atoms with Crippen LogP contribution in [0.25, 0.3) is 0 Å². The molecule has 2 unspecified atom stereocenters. The molecule has 3 heteroatoms. The molecule has 0 aliphatic carbocycles. The van der Waals surface area contributed by atoms with Crippen LogP contribution in [0.1, 0.15) is 25.7 Å². The predicted octanol–water partition coefficient (Wildman–Crippen LogP) is 0.740. The van der Waals surface area contributed by atoms with Gasteiger partial charge in [-0.05, 0) is 50.6 Å². The largest absolute Gasteiger partial charge is 0.381 e. The quantitative estimate of drug-likeness (QED) is 0.688. The SMILES string of the molecule is NC(C1CCOCC1)C1CCCNC1. The second-order valence-corrected chi connectivity index (χ2v) is 4.63. The number of hydrogen-bond acceptors (Lipinski definition) is 3. The summed E-state index contributed by atoms with van der Waals surface area (Å²) in [6.07, 6.45) is 4.93. The fraction of sp³-hybridized carbons (Fsp3) is 1.00. The second-order valence-electron chi connectivity index (χ2n) is 4.63. The van der Waals surface area contributed by atoms with Crippen LogP contribution >= 0.6 is 0 Å². The van der Waals surface area contributed by atoms with E-state index in [1.165, 1.54) is 19.4 Å². The number of nitrogens with two attached hydrogens (primary N) is 1. The van der Waals surface area contributed by atoms with Crippen LogP contribution in [0.2, 0.25) is 0 Å². The van der Waals surface area contributed by atoms with E-state index in [4.69, 9.17) is 10.5 Å². The van der Waals surface area contributed by atoms with E-state index in [1.807, 2.05) is 0 Å². The Morgan fingerprint density at radius 2 is 1.93 bits per heavy atom. The third kappa shape index (κ3) is 2.47. The molecule has 0 aromatic heterocycles. The van der Waals surface area contributed by atoms with Crippen LogP contribution in [0.5, 0.6) is 0 Å². The molecule has 2 saturated heterocycles. The number of hydrogen-bond donors (Lipinski definition) is 2. The molecule has 3 N–H and O–H groups in total. The van der Waals surface area contributed by atoms with E-state index >= 15 is 0 Å². The van der Waals surface area contributed by atoms with Crippen molar-refractivity contribution in [1.82, 2.24) is 5.32 Å². The van der Waals surface area contributed by atoms with Gasteiger partial charge in [0.05, 0.1) is 0 Å². The monoisotopic (exact) mass is 198 g/mol. The molecule has 82 valence electrons. The molecule has 2 rings (SSSR count). The summed E-state index contributed by atoms with van der Waals surface area (Å²) in [6.45, 7) is 4.13. The van der Waals surface area contributed by atoms with Crippen molar-refractivity contribution in [1.29, 1.82) is 0 Å². The van der Waals surface area contributed by atoms with E-state index in [9.17, 15) is 0 Å². The van der Waals surface area contributed by atoms with Gasteiger partial charge in [-0.2, -0.15) is 0 Å². The zero-order valence-corrected chi connectivity index (χ0v) is 8.87. The first-order valence-corrected chi connectivity index (χ1v) is 5.92. The first-order valence-electron chi connectivity index (χ1n) is 5.92. The van der Waals surface area contributed by atoms with Crippen molar-refractivity contribution in [3.63, 3.8) is 0 Å². The van der Waals surface area contributed by atoms with Gasteiger partial charge in [0.1, 0.15) is 0 Å². The number of nitrogens with one attached hydrogen (secondary N) is 1. The van der Waals surface area contributed by atoms with Crippen LogP contribution < -0.4 is 11.1 Å². The Bertz CT molecular complexity index is 145. The highest BCUT2D eigenvalue weighted by molar-refractivity contribution is 4.85. The molecule has 2 heterocycles. The highest BCUT2D eigenvalue weighted by atomic mass is 16.5. The molecule has 0 bridgehead atoms. The minimum atomic E-state index is 0.395. The van der Waals surface area contributed by atoms with Gasteiger partial charge >= 0.3 is 0 Å². The molecule has 0 aromatic carbocycles. The Hall–Kier alpha value is -0.120. The van der Waals surface area contributed by atoms with Gasteiger partial charge in [-0.15, -0.1) is 0 Å². The molecule has 2 atom stereocenters. The second kappa shape index (κ2) is 5.10. The summed E-state index contributed by atoms with van der Waals surface area (Å²) in [5, 5.41) is 3.44. The highest BCUT2D eigenvalue weighted by Crippen LogP contribution is 2.25. The fourth-order valence-electron chi connectivity index (χ4n) is 2.69. The van der Waals surface area contributed by atoms with Gasteiger partial charge in [-0.25, -0.2) is 0 Å². The summed E-state index contributed by atoms with van der Waals surface area (Å²) in [4.78, 5) is 0. The van der Waals surface area contributed by atoms with Crippen molar-refractivity contribution in [2.24, 2.45) is 17.6 Å². The molecule has 2 aliphatic heterocycles. The standard InChI is InChI=1S/C11H22N2O/c12-11(9-3-6-14-7-4-9)10-2-1-5-13-8-10/h9-11,13H,1-8,12H2. The molecule has 14 heavy (non-hydrogen) atoms. The minimum absolute atomic E-state index is 0.395. The van der Waals surface area contributed by atoms with Gasteiger partial charge in [0.2, 0.25) is 0 Å². The third-order valence-electron chi connectivity index (χ3n) is 3.69. The molecule has 2 fully saturated rings. The molecule has 0 radical (unpaired) electrons. The summed E-state index contributed by atoms with van der Waals surface area (Å²) in [6, 6.07) is 0.395. The third-order valence-corrected chi connectivity index (χ3v) is 3.69. The molecule has 0 saturated carbocycles. The van der Waals surface area contributed by atoms with Crippen molar-refractivity contribution >= 4 is 0 Å². The van der Waals surface area contributed by atoms with Gasteiger partial charge in [-0.1, -0.05) is 0 Å². The average molecular weight is 198 g/mol. The summed E-state index contributed by atoms with van der Waals surface area (Å²) in [5.41, 5.74) is 6.33. The Kier molecular flexibility index (Phi) is 3.79. The van der Waals surface area contributed by atoms with E-state index in [0.717, 1.165) is 32.6 Å². The van der Waals surface area contributed by atoms with E-state index in [-0.39, 0.29) is 0 Å². The molecule has 2 aliphatic rings. The summed E-state index contributed by atoms with van der Waals surface area (Å²) in [7, 11) is 0. The van der Waals surface area contributed by atoms with Crippen LogP contribution in [0.4, 0.5) is 0 Å². The van der Waals surface area contributed by atoms with Crippen molar-refractivity contribution in [3.05, 3.63) is 0 Å². The van der Waals surface area contributed by atoms with Crippen molar-refractivity contribution < 1.29 is 4.74 Å². The lowest BCUT2D eigenvalue weighted by Crippen LogP contribution is -2.46. The number of piperidine rings is 1. The van der Waals surface area contributed by atoms with Crippen LogP contribution in [0.15, 0.2) is 0 Å². The first kappa shape index (κ1) is 10.4. The Balaban J connectivity index is 1.82. The number of ether oxygens (including phenoxy) is 1. The van der Waals surface area contributed by atoms with Crippen LogP contribution in [0, 0.1) is 11.8 Å². The summed E-state index contributed by atoms with van der Waals surface area (Å²) >= 11 is 0. The zero-order chi connectivity index (χ0) is 9.80. The molecule has 0 amide bonds. The summed E-state index contributed by atoms with van der Waals surface area (Å²) < 4.78 is 5.37. The highest BCUT2D eigenvalue weighted by Gasteiger charge is 2.28. The Labute approximate surface area is 86.4 Å². The minimum Gasteiger partial charge on any atom is -0.381 e. The predicted molar refractivity (Wildman–Crippen MR) is 57.1 cm³/mol. The first-order chi connectivity index (χ1) is 6.88. The molecular weight excluding hydrogens is 176 g/mol. The maximum atomic E-state index is 6.33. The van der Waals surface area contributed by atoms with E-state index in [2.05, 4.69) is 5.32 Å². The average Bonchev–Trinajstić information content (AvgIpc) is 2.30. The lowest BCUT2D eigenvalue weighted by molar-refractivity contribution is 0.0489. The van der Waals surface area contributed by atoms with E-state index in [0.29, 0.717) is 17.9 Å². The van der Waals surface area contributed by atoms with Crippen LogP contribution in [0.3, 0.4) is 0 Å². The number of rotatable bonds is 2. The zero-order valence-electron chi connectivity index (χ0n) is 8.87. The van der Waals surface area contributed by atoms with Crippen LogP contribution in [-0.2, 0) is 4.74 Å². The van der Waals surface area contributed by atoms with Gasteiger partial charge in [-0.3, -0.25) is 0 Å². The van der Waals surface area contributed by atoms with E-state index in [1.54, 1.807) is 0 Å². The lowest BCUT2D eigenvalue weighted by Gasteiger charge is -2.35. The molecule has 3 nitrogen and oxygen atoms in total. The van der Waals surface area contributed by atoms with Crippen molar-refractivity contribution in [3.8, 4) is 0 Å². The van der Waals surface area contributed by atoms with Gasteiger partial charge < -0.3 is 15.8 Å². The van der Waals surface area contributed by atoms with Crippen molar-refractivity contribution in [2.45, 2.75) is 31.7 Å². The smallest absolute Gasteiger partial charge is 0.0469 e. The van der Waals surface area contributed by atoms with Gasteiger partial charge in [0, 0.05) is 19.3 Å². The fourth-order valence-corrected chi connectivity index (χ4v) is 2.69. The molecule has 0 aromatic rings. The van der Waals surface area contributed by atoms with Gasteiger partial charge in [0.15, 0.2) is 0 Å². The lowest BCUT2D eigenvalue weighted by atomic mass is 9.81.